The maximum Gasteiger partial charge on any atom is 0.573 e. The van der Waals surface area contributed by atoms with Gasteiger partial charge in [0.25, 0.3) is 0 Å². The van der Waals surface area contributed by atoms with Crippen molar-refractivity contribution in [1.29, 1.82) is 0 Å². The summed E-state index contributed by atoms with van der Waals surface area (Å²) in [5.41, 5.74) is 6.36. The van der Waals surface area contributed by atoms with Crippen LogP contribution in [0.4, 0.5) is 38.1 Å². The third-order valence-electron chi connectivity index (χ3n) is 7.68. The Morgan fingerprint density at radius 1 is 1.00 bits per heavy atom. The maximum absolute atomic E-state index is 14.1. The van der Waals surface area contributed by atoms with Crippen molar-refractivity contribution in [3.8, 4) is 22.8 Å². The van der Waals surface area contributed by atoms with Crippen LogP contribution in [0.3, 0.4) is 0 Å². The number of hydrogen-bond donors (Lipinski definition) is 3. The average Bonchev–Trinajstić information content (AvgIpc) is 3.35. The smallest absolute Gasteiger partial charge is 0.480 e. The summed E-state index contributed by atoms with van der Waals surface area (Å²) in [6.45, 7) is 1.57. The van der Waals surface area contributed by atoms with E-state index in [-0.39, 0.29) is 22.8 Å². The summed E-state index contributed by atoms with van der Waals surface area (Å²) < 4.78 is 88.8. The van der Waals surface area contributed by atoms with Crippen molar-refractivity contribution in [2.45, 2.75) is 43.9 Å². The Hall–Kier alpha value is -4.27. The van der Waals surface area contributed by atoms with Gasteiger partial charge in [0.1, 0.15) is 17.6 Å². The number of aromatic nitrogens is 2. The third kappa shape index (κ3) is 7.21. The molecule has 0 aliphatic carbocycles. The molecule has 0 unspecified atom stereocenters. The minimum absolute atomic E-state index is 0.177. The second-order valence-corrected chi connectivity index (χ2v) is 10.6. The number of carboxylic acid groups (broad SMARTS) is 1. The van der Waals surface area contributed by atoms with Crippen molar-refractivity contribution in [1.82, 2.24) is 15.3 Å². The van der Waals surface area contributed by atoms with E-state index in [0.29, 0.717) is 55.8 Å². The van der Waals surface area contributed by atoms with Crippen LogP contribution < -0.4 is 25.4 Å². The van der Waals surface area contributed by atoms with Gasteiger partial charge in [-0.1, -0.05) is 36.4 Å². The standard InChI is InChI=1S/C28H27F6N5O4/c29-27(30,31)23(18-3-1-16(2-4-18)17-5-7-19(8-6-17)43-28(32,33)34)42-22-13-21(37-25(35)38-22)39-11-9-26(10-12-39)14-20(24(40)41)36-15-26/h1-8,13,20,23,36H,9-12,14-15H2,(H,40,41)(H2,35,37,38)/t20-,23+/m0/s1. The lowest BCUT2D eigenvalue weighted by Crippen LogP contribution is -2.41. The number of benzene rings is 2. The Bertz CT molecular complexity index is 1440. The average molecular weight is 612 g/mol. The SMILES string of the molecule is Nc1nc(O[C@H](c2ccc(-c3ccc(OC(F)(F)F)cc3)cc2)C(F)(F)F)cc(N2CCC3(CC2)CN[C@H](C(=O)O)C3)n1. The first-order valence-corrected chi connectivity index (χ1v) is 13.2. The van der Waals surface area contributed by atoms with Crippen LogP contribution >= 0.6 is 0 Å². The molecule has 0 bridgehead atoms. The van der Waals surface area contributed by atoms with Gasteiger partial charge in [0.15, 0.2) is 0 Å². The summed E-state index contributed by atoms with van der Waals surface area (Å²) in [6, 6.07) is 10.8. The predicted octanol–water partition coefficient (Wildman–Crippen LogP) is 5.34. The second-order valence-electron chi connectivity index (χ2n) is 10.6. The minimum atomic E-state index is -4.85. The van der Waals surface area contributed by atoms with Crippen LogP contribution in [0.25, 0.3) is 11.1 Å². The number of rotatable bonds is 7. The number of aliphatic carboxylic acids is 1. The number of ether oxygens (including phenoxy) is 2. The molecule has 2 aliphatic rings. The van der Waals surface area contributed by atoms with Crippen LogP contribution in [0.2, 0.25) is 0 Å². The first kappa shape index (κ1) is 30.2. The van der Waals surface area contributed by atoms with E-state index in [1.54, 1.807) is 0 Å². The van der Waals surface area contributed by atoms with Crippen LogP contribution in [0, 0.1) is 5.41 Å². The summed E-state index contributed by atoms with van der Waals surface area (Å²) >= 11 is 0. The molecule has 9 nitrogen and oxygen atoms in total. The first-order chi connectivity index (χ1) is 20.2. The molecule has 15 heteroatoms. The molecule has 0 radical (unpaired) electrons. The third-order valence-corrected chi connectivity index (χ3v) is 7.68. The minimum Gasteiger partial charge on any atom is -0.480 e. The van der Waals surface area contributed by atoms with Gasteiger partial charge in [-0.15, -0.1) is 13.2 Å². The van der Waals surface area contributed by atoms with Gasteiger partial charge in [-0.05, 0) is 47.9 Å². The molecule has 5 rings (SSSR count). The highest BCUT2D eigenvalue weighted by molar-refractivity contribution is 5.74. The zero-order chi connectivity index (χ0) is 31.0. The molecule has 2 aliphatic heterocycles. The number of carboxylic acids is 1. The summed E-state index contributed by atoms with van der Waals surface area (Å²) in [5, 5.41) is 12.3. The number of carbonyl (C=O) groups is 1. The van der Waals surface area contributed by atoms with Gasteiger partial charge in [0.2, 0.25) is 17.9 Å². The molecular formula is C28H27F6N5O4. The molecule has 1 aromatic heterocycles. The molecule has 43 heavy (non-hydrogen) atoms. The van der Waals surface area contributed by atoms with E-state index in [2.05, 4.69) is 20.0 Å². The Morgan fingerprint density at radius 2 is 1.60 bits per heavy atom. The molecule has 2 fully saturated rings. The number of nitrogen functional groups attached to an aromatic ring is 1. The van der Waals surface area contributed by atoms with Crippen molar-refractivity contribution in [3.05, 3.63) is 60.2 Å². The summed E-state index contributed by atoms with van der Waals surface area (Å²) in [4.78, 5) is 21.2. The maximum atomic E-state index is 14.1. The molecule has 230 valence electrons. The van der Waals surface area contributed by atoms with Gasteiger partial charge in [0, 0.05) is 31.3 Å². The lowest BCUT2D eigenvalue weighted by molar-refractivity contribution is -0.274. The van der Waals surface area contributed by atoms with Crippen LogP contribution in [-0.2, 0) is 4.79 Å². The highest BCUT2D eigenvalue weighted by Gasteiger charge is 2.45. The number of nitrogens with two attached hydrogens (primary N) is 1. The number of nitrogens with one attached hydrogen (secondary N) is 1. The topological polar surface area (TPSA) is 123 Å². The molecule has 2 saturated heterocycles. The van der Waals surface area contributed by atoms with Gasteiger partial charge >= 0.3 is 18.5 Å². The van der Waals surface area contributed by atoms with Gasteiger partial charge in [-0.25, -0.2) is 0 Å². The van der Waals surface area contributed by atoms with Crippen LogP contribution in [0.1, 0.15) is 30.9 Å². The molecule has 3 aromatic rings. The largest absolute Gasteiger partial charge is 0.573 e. The summed E-state index contributed by atoms with van der Waals surface area (Å²) in [7, 11) is 0. The van der Waals surface area contributed by atoms with E-state index < -0.39 is 36.4 Å². The lowest BCUT2D eigenvalue weighted by atomic mass is 9.76. The molecule has 1 spiro atoms. The number of piperidine rings is 1. The summed E-state index contributed by atoms with van der Waals surface area (Å²) in [5.74, 6) is -1.66. The monoisotopic (exact) mass is 611 g/mol. The number of hydrogen-bond acceptors (Lipinski definition) is 8. The Kier molecular flexibility index (Phi) is 8.03. The van der Waals surface area contributed by atoms with E-state index in [4.69, 9.17) is 10.5 Å². The molecule has 2 atom stereocenters. The van der Waals surface area contributed by atoms with Crippen LogP contribution in [0.5, 0.6) is 11.6 Å². The molecule has 4 N–H and O–H groups in total. The Balaban J connectivity index is 1.29. The van der Waals surface area contributed by atoms with Gasteiger partial charge in [0.05, 0.1) is 0 Å². The van der Waals surface area contributed by atoms with E-state index in [1.165, 1.54) is 42.5 Å². The lowest BCUT2D eigenvalue weighted by Gasteiger charge is -2.39. The highest BCUT2D eigenvalue weighted by atomic mass is 19.4. The van der Waals surface area contributed by atoms with Gasteiger partial charge in [-0.2, -0.15) is 23.1 Å². The number of anilines is 2. The van der Waals surface area contributed by atoms with Crippen molar-refractivity contribution in [3.63, 3.8) is 0 Å². The highest BCUT2D eigenvalue weighted by Crippen LogP contribution is 2.41. The molecule has 0 saturated carbocycles. The fraction of sp³-hybridized carbons (Fsp3) is 0.393. The van der Waals surface area contributed by atoms with E-state index in [1.807, 2.05) is 4.90 Å². The van der Waals surface area contributed by atoms with E-state index in [9.17, 15) is 36.2 Å². The fourth-order valence-electron chi connectivity index (χ4n) is 5.48. The fourth-order valence-corrected chi connectivity index (χ4v) is 5.48. The summed E-state index contributed by atoms with van der Waals surface area (Å²) in [6.07, 6.45) is -10.2. The van der Waals surface area contributed by atoms with Crippen molar-refractivity contribution in [2.75, 3.05) is 30.3 Å². The molecular weight excluding hydrogens is 584 g/mol. The van der Waals surface area contributed by atoms with Crippen molar-refractivity contribution in [2.24, 2.45) is 5.41 Å². The zero-order valence-corrected chi connectivity index (χ0v) is 22.5. The Morgan fingerprint density at radius 3 is 2.14 bits per heavy atom. The van der Waals surface area contributed by atoms with Crippen molar-refractivity contribution >= 4 is 17.7 Å². The first-order valence-electron chi connectivity index (χ1n) is 13.2. The van der Waals surface area contributed by atoms with Crippen LogP contribution in [0.15, 0.2) is 54.6 Å². The normalized spacial score (nSPS) is 19.3. The molecule has 3 heterocycles. The second kappa shape index (κ2) is 11.4. The van der Waals surface area contributed by atoms with Crippen LogP contribution in [-0.4, -0.2) is 59.3 Å². The van der Waals surface area contributed by atoms with E-state index >= 15 is 0 Å². The van der Waals surface area contributed by atoms with Gasteiger partial charge < -0.3 is 30.5 Å². The number of halogens is 6. The Labute approximate surface area is 241 Å². The molecule has 2 aromatic carbocycles. The quantitative estimate of drug-likeness (QED) is 0.304. The van der Waals surface area contributed by atoms with E-state index in [0.717, 1.165) is 12.1 Å². The predicted molar refractivity (Wildman–Crippen MR) is 142 cm³/mol. The number of nitrogens with zero attached hydrogens (tertiary/aromatic N) is 3. The van der Waals surface area contributed by atoms with Gasteiger partial charge in [-0.3, -0.25) is 4.79 Å². The number of alkyl halides is 6. The molecule has 0 amide bonds. The van der Waals surface area contributed by atoms with Crippen molar-refractivity contribution < 1.29 is 45.7 Å². The zero-order valence-electron chi connectivity index (χ0n) is 22.5.